The maximum atomic E-state index is 12.7. The molecule has 1 saturated carbocycles. The topological polar surface area (TPSA) is 32.3 Å². The molecular formula is C13H16ClF3N4. The van der Waals surface area contributed by atoms with Crippen molar-refractivity contribution in [2.24, 2.45) is 5.92 Å². The highest BCUT2D eigenvalue weighted by molar-refractivity contribution is 6.29. The Labute approximate surface area is 125 Å². The predicted molar refractivity (Wildman–Crippen MR) is 73.4 cm³/mol. The molecular weight excluding hydrogens is 305 g/mol. The Morgan fingerprint density at radius 3 is 2.38 bits per heavy atom. The van der Waals surface area contributed by atoms with Crippen LogP contribution in [0.4, 0.5) is 19.0 Å². The Balaban J connectivity index is 1.68. The molecule has 0 atom stereocenters. The van der Waals surface area contributed by atoms with Crippen LogP contribution in [0.5, 0.6) is 0 Å². The Morgan fingerprint density at radius 2 is 1.81 bits per heavy atom. The lowest BCUT2D eigenvalue weighted by molar-refractivity contribution is -0.144. The lowest BCUT2D eigenvalue weighted by Crippen LogP contribution is -2.47. The van der Waals surface area contributed by atoms with Gasteiger partial charge in [0.15, 0.2) is 0 Å². The second-order valence-electron chi connectivity index (χ2n) is 5.60. The number of hydrogen-bond acceptors (Lipinski definition) is 4. The molecule has 4 nitrogen and oxygen atoms in total. The highest BCUT2D eigenvalue weighted by Crippen LogP contribution is 2.31. The molecule has 0 unspecified atom stereocenters. The summed E-state index contributed by atoms with van der Waals surface area (Å²) in [5, 5.41) is -0.173. The molecule has 0 amide bonds. The summed E-state index contributed by atoms with van der Waals surface area (Å²) in [5.41, 5.74) is 0. The molecule has 1 aliphatic carbocycles. The summed E-state index contributed by atoms with van der Waals surface area (Å²) in [6.45, 7) is 4.12. The molecule has 2 aliphatic rings. The van der Waals surface area contributed by atoms with E-state index in [0.717, 1.165) is 25.6 Å². The summed E-state index contributed by atoms with van der Waals surface area (Å²) >= 11 is 5.69. The zero-order valence-corrected chi connectivity index (χ0v) is 12.2. The van der Waals surface area contributed by atoms with Crippen LogP contribution in [-0.4, -0.2) is 47.6 Å². The monoisotopic (exact) mass is 320 g/mol. The van der Waals surface area contributed by atoms with E-state index in [4.69, 9.17) is 11.6 Å². The van der Waals surface area contributed by atoms with E-state index >= 15 is 0 Å². The van der Waals surface area contributed by atoms with E-state index in [1.807, 2.05) is 4.90 Å². The molecule has 0 radical (unpaired) electrons. The fraction of sp³-hybridized carbons (Fsp3) is 0.692. The van der Waals surface area contributed by atoms with Gasteiger partial charge in [-0.3, -0.25) is 4.90 Å². The van der Waals surface area contributed by atoms with E-state index in [9.17, 15) is 13.2 Å². The van der Waals surface area contributed by atoms with Crippen LogP contribution in [0.1, 0.15) is 18.7 Å². The Morgan fingerprint density at radius 1 is 1.14 bits per heavy atom. The van der Waals surface area contributed by atoms with Crippen molar-refractivity contribution < 1.29 is 13.2 Å². The maximum absolute atomic E-state index is 12.7. The number of hydrogen-bond donors (Lipinski definition) is 0. The second kappa shape index (κ2) is 5.61. The largest absolute Gasteiger partial charge is 0.451 e. The number of rotatable bonds is 3. The van der Waals surface area contributed by atoms with Crippen molar-refractivity contribution in [1.82, 2.24) is 14.9 Å². The van der Waals surface area contributed by atoms with E-state index in [-0.39, 0.29) is 11.0 Å². The third kappa shape index (κ3) is 3.77. The summed E-state index contributed by atoms with van der Waals surface area (Å²) in [4.78, 5) is 11.1. The average molecular weight is 321 g/mol. The van der Waals surface area contributed by atoms with Crippen LogP contribution in [0.2, 0.25) is 5.15 Å². The van der Waals surface area contributed by atoms with Gasteiger partial charge in [0.1, 0.15) is 11.0 Å². The summed E-state index contributed by atoms with van der Waals surface area (Å²) < 4.78 is 38.2. The summed E-state index contributed by atoms with van der Waals surface area (Å²) in [6.07, 6.45) is -1.97. The van der Waals surface area contributed by atoms with Gasteiger partial charge in [0.05, 0.1) is 0 Å². The second-order valence-corrected chi connectivity index (χ2v) is 5.99. The van der Waals surface area contributed by atoms with E-state index in [2.05, 4.69) is 14.9 Å². The molecule has 2 heterocycles. The maximum Gasteiger partial charge on any atom is 0.451 e. The molecule has 116 valence electrons. The van der Waals surface area contributed by atoms with Crippen molar-refractivity contribution in [1.29, 1.82) is 0 Å². The molecule has 1 saturated heterocycles. The number of alkyl halides is 3. The van der Waals surface area contributed by atoms with Gasteiger partial charge in [0.25, 0.3) is 0 Å². The lowest BCUT2D eigenvalue weighted by atomic mass is 10.3. The van der Waals surface area contributed by atoms with Gasteiger partial charge < -0.3 is 4.90 Å². The average Bonchev–Trinajstić information content (AvgIpc) is 3.22. The van der Waals surface area contributed by atoms with Crippen molar-refractivity contribution in [3.8, 4) is 0 Å². The number of anilines is 1. The van der Waals surface area contributed by atoms with Crippen molar-refractivity contribution in [2.45, 2.75) is 19.0 Å². The first-order valence-electron chi connectivity index (χ1n) is 7.01. The van der Waals surface area contributed by atoms with E-state index in [1.165, 1.54) is 18.9 Å². The van der Waals surface area contributed by atoms with Crippen molar-refractivity contribution in [2.75, 3.05) is 37.6 Å². The van der Waals surface area contributed by atoms with E-state index in [1.54, 1.807) is 0 Å². The zero-order chi connectivity index (χ0) is 15.0. The molecule has 21 heavy (non-hydrogen) atoms. The molecule has 0 aromatic carbocycles. The fourth-order valence-electron chi connectivity index (χ4n) is 2.52. The Bertz CT molecular complexity index is 511. The smallest absolute Gasteiger partial charge is 0.354 e. The number of piperazine rings is 1. The first-order chi connectivity index (χ1) is 9.91. The van der Waals surface area contributed by atoms with E-state index < -0.39 is 12.0 Å². The molecule has 1 aromatic heterocycles. The van der Waals surface area contributed by atoms with Crippen LogP contribution >= 0.6 is 11.6 Å². The van der Waals surface area contributed by atoms with E-state index in [0.29, 0.717) is 13.1 Å². The van der Waals surface area contributed by atoms with Crippen molar-refractivity contribution in [3.05, 3.63) is 17.0 Å². The first kappa shape index (κ1) is 14.8. The summed E-state index contributed by atoms with van der Waals surface area (Å²) in [6, 6.07) is 1.40. The molecule has 0 bridgehead atoms. The van der Waals surface area contributed by atoms with Crippen molar-refractivity contribution >= 4 is 17.4 Å². The third-order valence-electron chi connectivity index (χ3n) is 3.84. The minimum atomic E-state index is -4.58. The highest BCUT2D eigenvalue weighted by Gasteiger charge is 2.36. The first-order valence-corrected chi connectivity index (χ1v) is 7.39. The summed E-state index contributed by atoms with van der Waals surface area (Å²) in [5.74, 6) is -0.0966. The molecule has 8 heteroatoms. The van der Waals surface area contributed by atoms with Gasteiger partial charge >= 0.3 is 6.18 Å². The standard InChI is InChI=1S/C13H16ClF3N4/c14-10-7-11(19-12(18-10)13(15,16)17)21-5-3-20(4-6-21)8-9-1-2-9/h7,9H,1-6,8H2. The SMILES string of the molecule is FC(F)(F)c1nc(Cl)cc(N2CCN(CC3CC3)CC2)n1. The summed E-state index contributed by atoms with van der Waals surface area (Å²) in [7, 11) is 0. The van der Waals surface area contributed by atoms with Crippen LogP contribution in [0.15, 0.2) is 6.07 Å². The van der Waals surface area contributed by atoms with Crippen LogP contribution in [0.25, 0.3) is 0 Å². The lowest BCUT2D eigenvalue weighted by Gasteiger charge is -2.35. The fourth-order valence-corrected chi connectivity index (χ4v) is 2.70. The minimum Gasteiger partial charge on any atom is -0.354 e. The Hall–Kier alpha value is -1.08. The third-order valence-corrected chi connectivity index (χ3v) is 4.04. The van der Waals surface area contributed by atoms with Gasteiger partial charge in [0, 0.05) is 38.8 Å². The number of halogens is 4. The van der Waals surface area contributed by atoms with Gasteiger partial charge in [-0.1, -0.05) is 11.6 Å². The molecule has 0 spiro atoms. The van der Waals surface area contributed by atoms with Crippen LogP contribution in [0.3, 0.4) is 0 Å². The normalized spacial score (nSPS) is 20.9. The van der Waals surface area contributed by atoms with Gasteiger partial charge in [-0.05, 0) is 18.8 Å². The molecule has 3 rings (SSSR count). The quantitative estimate of drug-likeness (QED) is 0.802. The van der Waals surface area contributed by atoms with Gasteiger partial charge in [-0.25, -0.2) is 9.97 Å². The molecule has 0 N–H and O–H groups in total. The number of nitrogens with zero attached hydrogens (tertiary/aromatic N) is 4. The van der Waals surface area contributed by atoms with Crippen LogP contribution in [-0.2, 0) is 6.18 Å². The molecule has 2 fully saturated rings. The zero-order valence-electron chi connectivity index (χ0n) is 11.4. The Kier molecular flexibility index (Phi) is 3.96. The molecule has 1 aromatic rings. The predicted octanol–water partition coefficient (Wildman–Crippen LogP) is 2.68. The van der Waals surface area contributed by atoms with Gasteiger partial charge in [0.2, 0.25) is 5.82 Å². The van der Waals surface area contributed by atoms with Crippen molar-refractivity contribution in [3.63, 3.8) is 0 Å². The molecule has 1 aliphatic heterocycles. The van der Waals surface area contributed by atoms with Gasteiger partial charge in [-0.2, -0.15) is 13.2 Å². The van der Waals surface area contributed by atoms with Crippen LogP contribution in [0, 0.1) is 5.92 Å². The number of aromatic nitrogens is 2. The minimum absolute atomic E-state index is 0.173. The highest BCUT2D eigenvalue weighted by atomic mass is 35.5. The van der Waals surface area contributed by atoms with Crippen LogP contribution < -0.4 is 4.90 Å². The van der Waals surface area contributed by atoms with Gasteiger partial charge in [-0.15, -0.1) is 0 Å².